The summed E-state index contributed by atoms with van der Waals surface area (Å²) in [5.74, 6) is 1.83. The molecule has 1 N–H and O–H groups in total. The van der Waals surface area contributed by atoms with Crippen molar-refractivity contribution in [3.8, 4) is 22.9 Å². The van der Waals surface area contributed by atoms with Crippen LogP contribution in [0.5, 0.6) is 11.5 Å². The third kappa shape index (κ3) is 1.99. The molecule has 2 heterocycles. The van der Waals surface area contributed by atoms with E-state index >= 15 is 0 Å². The van der Waals surface area contributed by atoms with E-state index in [1.807, 2.05) is 6.07 Å². The number of aromatic nitrogens is 2. The summed E-state index contributed by atoms with van der Waals surface area (Å²) in [6.07, 6.45) is 1.47. The van der Waals surface area contributed by atoms with Crippen LogP contribution in [0.3, 0.4) is 0 Å². The zero-order chi connectivity index (χ0) is 12.5. The van der Waals surface area contributed by atoms with Crippen molar-refractivity contribution in [2.24, 2.45) is 0 Å². The van der Waals surface area contributed by atoms with Crippen molar-refractivity contribution in [1.29, 1.82) is 0 Å². The smallest absolute Gasteiger partial charge is 0.251 e. The largest absolute Gasteiger partial charge is 0.486 e. The van der Waals surface area contributed by atoms with E-state index in [0.29, 0.717) is 30.5 Å². The van der Waals surface area contributed by atoms with Crippen molar-refractivity contribution in [1.82, 2.24) is 9.97 Å². The molecular formula is C12H9BrN2O3. The Hall–Kier alpha value is -1.82. The summed E-state index contributed by atoms with van der Waals surface area (Å²) < 4.78 is 11.8. The monoisotopic (exact) mass is 308 g/mol. The molecular weight excluding hydrogens is 300 g/mol. The molecule has 0 saturated heterocycles. The van der Waals surface area contributed by atoms with Crippen LogP contribution < -0.4 is 15.0 Å². The highest BCUT2D eigenvalue weighted by atomic mass is 79.9. The van der Waals surface area contributed by atoms with E-state index in [1.54, 1.807) is 6.07 Å². The van der Waals surface area contributed by atoms with Crippen LogP contribution in [-0.2, 0) is 0 Å². The molecule has 0 radical (unpaired) electrons. The molecule has 0 spiro atoms. The number of rotatable bonds is 1. The number of aromatic amines is 1. The van der Waals surface area contributed by atoms with E-state index in [2.05, 4.69) is 25.9 Å². The maximum atomic E-state index is 11.3. The summed E-state index contributed by atoms with van der Waals surface area (Å²) in [5, 5.41) is 0. The van der Waals surface area contributed by atoms with Gasteiger partial charge in [0, 0.05) is 17.8 Å². The van der Waals surface area contributed by atoms with Gasteiger partial charge in [-0.25, -0.2) is 4.98 Å². The summed E-state index contributed by atoms with van der Waals surface area (Å²) in [6, 6.07) is 5.01. The average molecular weight is 309 g/mol. The first kappa shape index (κ1) is 11.3. The molecule has 1 aromatic heterocycles. The molecule has 6 heteroatoms. The van der Waals surface area contributed by atoms with Crippen molar-refractivity contribution in [2.45, 2.75) is 0 Å². The first-order valence-electron chi connectivity index (χ1n) is 5.39. The molecule has 0 fully saturated rings. The minimum atomic E-state index is -0.189. The lowest BCUT2D eigenvalue weighted by atomic mass is 10.2. The number of benzene rings is 1. The fourth-order valence-electron chi connectivity index (χ4n) is 1.76. The standard InChI is InChI=1S/C12H9BrN2O3/c13-8-5-7(12-14-2-1-10(16)15-12)6-9-11(8)18-4-3-17-9/h1-2,5-6H,3-4H2,(H,14,15,16). The lowest BCUT2D eigenvalue weighted by Gasteiger charge is -2.20. The minimum absolute atomic E-state index is 0.189. The third-order valence-electron chi connectivity index (χ3n) is 2.54. The number of hydrogen-bond acceptors (Lipinski definition) is 4. The van der Waals surface area contributed by atoms with Crippen LogP contribution in [0.4, 0.5) is 0 Å². The molecule has 0 saturated carbocycles. The summed E-state index contributed by atoms with van der Waals surface area (Å²) in [5.41, 5.74) is 0.579. The van der Waals surface area contributed by atoms with Gasteiger partial charge in [0.2, 0.25) is 0 Å². The van der Waals surface area contributed by atoms with Gasteiger partial charge < -0.3 is 14.5 Å². The van der Waals surface area contributed by atoms with Gasteiger partial charge in [-0.05, 0) is 28.1 Å². The minimum Gasteiger partial charge on any atom is -0.486 e. The number of hydrogen-bond donors (Lipinski definition) is 1. The highest BCUT2D eigenvalue weighted by Crippen LogP contribution is 2.40. The normalized spacial score (nSPS) is 13.4. The van der Waals surface area contributed by atoms with E-state index in [0.717, 1.165) is 10.0 Å². The van der Waals surface area contributed by atoms with Crippen LogP contribution in [0, 0.1) is 0 Å². The van der Waals surface area contributed by atoms with Gasteiger partial charge in [0.05, 0.1) is 4.47 Å². The molecule has 0 aliphatic carbocycles. The van der Waals surface area contributed by atoms with Crippen molar-refractivity contribution in [3.05, 3.63) is 39.2 Å². The van der Waals surface area contributed by atoms with Crippen LogP contribution in [0.25, 0.3) is 11.4 Å². The van der Waals surface area contributed by atoms with Crippen LogP contribution in [-0.4, -0.2) is 23.2 Å². The Bertz CT molecular complexity index is 654. The van der Waals surface area contributed by atoms with E-state index in [4.69, 9.17) is 9.47 Å². The predicted octanol–water partition coefficient (Wildman–Crippen LogP) is 1.97. The number of halogens is 1. The molecule has 3 rings (SSSR count). The lowest BCUT2D eigenvalue weighted by Crippen LogP contribution is -2.16. The zero-order valence-electron chi connectivity index (χ0n) is 9.27. The number of fused-ring (bicyclic) bond motifs is 1. The summed E-state index contributed by atoms with van der Waals surface area (Å²) in [4.78, 5) is 18.1. The van der Waals surface area contributed by atoms with Gasteiger partial charge in [-0.15, -0.1) is 0 Å². The molecule has 1 aliphatic heterocycles. The fraction of sp³-hybridized carbons (Fsp3) is 0.167. The van der Waals surface area contributed by atoms with E-state index in [1.165, 1.54) is 12.3 Å². The number of nitrogens with one attached hydrogen (secondary N) is 1. The van der Waals surface area contributed by atoms with Gasteiger partial charge in [0.15, 0.2) is 11.5 Å². The summed E-state index contributed by atoms with van der Waals surface area (Å²) in [7, 11) is 0. The second-order valence-corrected chi connectivity index (χ2v) is 4.62. The quantitative estimate of drug-likeness (QED) is 0.875. The summed E-state index contributed by atoms with van der Waals surface area (Å²) in [6.45, 7) is 1.05. The van der Waals surface area contributed by atoms with Crippen LogP contribution in [0.15, 0.2) is 33.7 Å². The molecule has 5 nitrogen and oxygen atoms in total. The molecule has 0 amide bonds. The van der Waals surface area contributed by atoms with E-state index in [9.17, 15) is 4.79 Å². The van der Waals surface area contributed by atoms with Gasteiger partial charge >= 0.3 is 0 Å². The second-order valence-electron chi connectivity index (χ2n) is 3.76. The van der Waals surface area contributed by atoms with Gasteiger partial charge in [-0.3, -0.25) is 4.79 Å². The first-order valence-corrected chi connectivity index (χ1v) is 6.18. The topological polar surface area (TPSA) is 64.2 Å². The molecule has 0 bridgehead atoms. The Balaban J connectivity index is 2.13. The number of ether oxygens (including phenoxy) is 2. The maximum absolute atomic E-state index is 11.3. The molecule has 1 aromatic carbocycles. The van der Waals surface area contributed by atoms with Crippen molar-refractivity contribution in [2.75, 3.05) is 13.2 Å². The lowest BCUT2D eigenvalue weighted by molar-refractivity contribution is 0.170. The Morgan fingerprint density at radius 2 is 2.11 bits per heavy atom. The van der Waals surface area contributed by atoms with Gasteiger partial charge in [-0.2, -0.15) is 0 Å². The Morgan fingerprint density at radius 1 is 1.28 bits per heavy atom. The second kappa shape index (κ2) is 4.45. The highest BCUT2D eigenvalue weighted by molar-refractivity contribution is 9.10. The molecule has 2 aromatic rings. The molecule has 0 unspecified atom stereocenters. The van der Waals surface area contributed by atoms with E-state index < -0.39 is 0 Å². The van der Waals surface area contributed by atoms with Crippen LogP contribution in [0.2, 0.25) is 0 Å². The highest BCUT2D eigenvalue weighted by Gasteiger charge is 2.17. The van der Waals surface area contributed by atoms with E-state index in [-0.39, 0.29) is 5.56 Å². The Morgan fingerprint density at radius 3 is 2.94 bits per heavy atom. The molecule has 18 heavy (non-hydrogen) atoms. The molecule has 0 atom stereocenters. The molecule has 92 valence electrons. The maximum Gasteiger partial charge on any atom is 0.251 e. The van der Waals surface area contributed by atoms with Crippen LogP contribution >= 0.6 is 15.9 Å². The first-order chi connectivity index (χ1) is 8.74. The third-order valence-corrected chi connectivity index (χ3v) is 3.13. The SMILES string of the molecule is O=c1ccnc(-c2cc(Br)c3c(c2)OCCO3)[nH]1. The number of nitrogens with zero attached hydrogens (tertiary/aromatic N) is 1. The molecule has 1 aliphatic rings. The number of H-pyrrole nitrogens is 1. The van der Waals surface area contributed by atoms with Crippen molar-refractivity contribution in [3.63, 3.8) is 0 Å². The summed E-state index contributed by atoms with van der Waals surface area (Å²) >= 11 is 3.42. The Labute approximate surface area is 111 Å². The fourth-order valence-corrected chi connectivity index (χ4v) is 2.32. The van der Waals surface area contributed by atoms with Gasteiger partial charge in [0.1, 0.15) is 19.0 Å². The Kier molecular flexibility index (Phi) is 2.79. The van der Waals surface area contributed by atoms with Crippen molar-refractivity contribution < 1.29 is 9.47 Å². The average Bonchev–Trinajstić information content (AvgIpc) is 2.39. The zero-order valence-corrected chi connectivity index (χ0v) is 10.9. The predicted molar refractivity (Wildman–Crippen MR) is 69.0 cm³/mol. The van der Waals surface area contributed by atoms with Gasteiger partial charge in [0.25, 0.3) is 5.56 Å². The van der Waals surface area contributed by atoms with Gasteiger partial charge in [-0.1, -0.05) is 0 Å². The van der Waals surface area contributed by atoms with Crippen LogP contribution in [0.1, 0.15) is 0 Å². The van der Waals surface area contributed by atoms with Crippen molar-refractivity contribution >= 4 is 15.9 Å².